The van der Waals surface area contributed by atoms with Crippen LogP contribution in [0.15, 0.2) is 82.9 Å². The lowest BCUT2D eigenvalue weighted by Gasteiger charge is -2.49. The predicted molar refractivity (Wildman–Crippen MR) is 231 cm³/mol. The van der Waals surface area contributed by atoms with Gasteiger partial charge in [-0.3, -0.25) is 36.7 Å². The Balaban J connectivity index is 0.000000149. The van der Waals surface area contributed by atoms with Gasteiger partial charge in [-0.1, -0.05) is 32.1 Å². The zero-order valence-electron chi connectivity index (χ0n) is 37.1. The van der Waals surface area contributed by atoms with E-state index in [1.165, 1.54) is 0 Å². The fraction of sp³-hybridized carbons (Fsp3) is 0.636. The quantitative estimate of drug-likeness (QED) is 0.162. The molecule has 9 fully saturated rings. The van der Waals surface area contributed by atoms with E-state index in [1.807, 2.05) is 9.80 Å². The molecule has 0 bridgehead atoms. The van der Waals surface area contributed by atoms with Crippen LogP contribution in [-0.2, 0) is 64.8 Å². The van der Waals surface area contributed by atoms with Crippen LogP contribution < -0.4 is 10.6 Å². The zero-order valence-corrected chi connectivity index (χ0v) is 38.8. The minimum Gasteiger partial charge on any atom is -0.507 e. The third-order valence-electron chi connectivity index (χ3n) is 15.0. The second-order valence-corrected chi connectivity index (χ2v) is 22.1. The highest BCUT2D eigenvalue weighted by molar-refractivity contribution is 7.49. The summed E-state index contributed by atoms with van der Waals surface area (Å²) in [6.07, 6.45) is 7.45. The number of fused-ring (bicyclic) bond motifs is 12. The standard InChI is InChI=1S/C22H29N2O9P.C22H27N2O9P/c2*1-11-5-3-2-4-6-24(11)9-31-34(28)32-19-14(25)7-13-12-8-15-20(30-10-29-15)18(26)16(12)22(27)23-17(13)21(19)33-34/h8,12-14,16-17,19,21,25-26H,1-7,9-10H2,(H,23,27);7-8,12,14,16-17,19,21,25-26H,1-6,9-10H2,(H,23,27)/t12?,13-,14+,16?,17-,19-,21+,34?;12?,14-,16?,17+,19+,21-,34?/m10/s1. The first kappa shape index (κ1) is 46.1. The minimum absolute atomic E-state index is 0.00145. The highest BCUT2D eigenvalue weighted by atomic mass is 31.2. The molecule has 4 aliphatic carbocycles. The van der Waals surface area contributed by atoms with E-state index in [4.69, 9.17) is 46.1 Å². The number of allylic oxidation sites excluding steroid dienone is 4. The van der Waals surface area contributed by atoms with Gasteiger partial charge in [0.15, 0.2) is 23.0 Å². The number of rotatable bonds is 6. The predicted octanol–water partition coefficient (Wildman–Crippen LogP) is 3.97. The number of hydrogen-bond donors (Lipinski definition) is 6. The van der Waals surface area contributed by atoms with Gasteiger partial charge in [-0.15, -0.1) is 0 Å². The Bertz CT molecular complexity index is 2370. The van der Waals surface area contributed by atoms with Crippen LogP contribution in [0.5, 0.6) is 0 Å². The summed E-state index contributed by atoms with van der Waals surface area (Å²) in [5.41, 5.74) is 2.44. The first-order chi connectivity index (χ1) is 32.7. The normalized spacial score (nSPS) is 42.3. The van der Waals surface area contributed by atoms with Crippen molar-refractivity contribution in [3.05, 3.63) is 82.9 Å². The SMILES string of the molecule is C=C1CCCCCN1COP1(=O)O[C@@H]2[C@H](O1)[C@@H](O)C=C1C3C=C4OCOC4=C(O)C3C(=O)N[C@H]12.C=C1CCCCCN1COP1(=O)O[C@H]2[C@@H]3NC(=O)C4C(O)=C5OCOC5=CC4[C@H]3C[C@H](O)[C@H]2O1. The molecule has 8 aliphatic heterocycles. The highest BCUT2D eigenvalue weighted by Gasteiger charge is 2.63. The van der Waals surface area contributed by atoms with Crippen molar-refractivity contribution in [2.24, 2.45) is 29.6 Å². The number of aliphatic hydroxyl groups is 4. The summed E-state index contributed by atoms with van der Waals surface area (Å²) in [6.45, 7) is 9.56. The molecule has 22 nitrogen and oxygen atoms in total. The minimum atomic E-state index is -4.02. The van der Waals surface area contributed by atoms with Crippen molar-refractivity contribution in [2.45, 2.75) is 106 Å². The molecule has 8 saturated heterocycles. The van der Waals surface area contributed by atoms with Crippen LogP contribution in [-0.4, -0.2) is 131 Å². The van der Waals surface area contributed by atoms with Crippen LogP contribution >= 0.6 is 15.6 Å². The van der Waals surface area contributed by atoms with E-state index in [1.54, 1.807) is 18.2 Å². The Morgan fingerprint density at radius 3 is 1.88 bits per heavy atom. The van der Waals surface area contributed by atoms with Crippen molar-refractivity contribution in [3.8, 4) is 0 Å². The average Bonchev–Trinajstić information content (AvgIpc) is 4.08. The third kappa shape index (κ3) is 8.07. The van der Waals surface area contributed by atoms with E-state index < -0.39 is 99.8 Å². The molecule has 0 radical (unpaired) electrons. The Morgan fingerprint density at radius 2 is 1.24 bits per heavy atom. The van der Waals surface area contributed by atoms with E-state index in [0.717, 1.165) is 75.9 Å². The maximum atomic E-state index is 13.4. The molecule has 6 N–H and O–H groups in total. The van der Waals surface area contributed by atoms with Crippen molar-refractivity contribution in [3.63, 3.8) is 0 Å². The fourth-order valence-corrected chi connectivity index (χ4v) is 14.6. The van der Waals surface area contributed by atoms with Gasteiger partial charge in [-0.25, -0.2) is 9.13 Å². The number of piperidine rings is 2. The summed E-state index contributed by atoms with van der Waals surface area (Å²) in [5, 5.41) is 48.8. The van der Waals surface area contributed by atoms with Crippen LogP contribution in [0.25, 0.3) is 0 Å². The van der Waals surface area contributed by atoms with Crippen molar-refractivity contribution < 1.29 is 85.2 Å². The van der Waals surface area contributed by atoms with Gasteiger partial charge in [0.05, 0.1) is 18.2 Å². The van der Waals surface area contributed by atoms with Crippen LogP contribution in [0, 0.1) is 29.6 Å². The van der Waals surface area contributed by atoms with E-state index >= 15 is 0 Å². The second-order valence-electron chi connectivity index (χ2n) is 19.0. The number of phosphoric ester groups is 2. The molecule has 370 valence electrons. The van der Waals surface area contributed by atoms with Crippen molar-refractivity contribution in [2.75, 3.05) is 40.1 Å². The van der Waals surface area contributed by atoms with Gasteiger partial charge >= 0.3 is 15.6 Å². The van der Waals surface area contributed by atoms with Gasteiger partial charge in [-0.2, -0.15) is 0 Å². The number of likely N-dealkylation sites (tertiary alicyclic amines) is 2. The molecule has 12 aliphatic rings. The lowest BCUT2D eigenvalue weighted by Crippen LogP contribution is -2.65. The Labute approximate surface area is 391 Å². The van der Waals surface area contributed by atoms with Gasteiger partial charge in [0.2, 0.25) is 36.9 Å². The summed E-state index contributed by atoms with van der Waals surface area (Å²) in [6, 6.07) is -1.30. The lowest BCUT2D eigenvalue weighted by molar-refractivity contribution is -0.139. The van der Waals surface area contributed by atoms with Crippen LogP contribution in [0.4, 0.5) is 0 Å². The topological polar surface area (TPSA) is 272 Å². The van der Waals surface area contributed by atoms with Gasteiger partial charge in [0.25, 0.3) is 0 Å². The number of hydrogen-bond acceptors (Lipinski definition) is 20. The zero-order chi connectivity index (χ0) is 47.2. The summed E-state index contributed by atoms with van der Waals surface area (Å²) in [5.74, 6) is -3.29. The van der Waals surface area contributed by atoms with E-state index in [-0.39, 0.29) is 62.4 Å². The number of ether oxygens (including phenoxy) is 4. The summed E-state index contributed by atoms with van der Waals surface area (Å²) >= 11 is 0. The smallest absolute Gasteiger partial charge is 0.477 e. The van der Waals surface area contributed by atoms with Gasteiger partial charge in [0, 0.05) is 36.3 Å². The maximum Gasteiger partial charge on any atom is 0.477 e. The number of carbonyl (C=O) groups excluding carboxylic acids is 2. The third-order valence-corrected chi connectivity index (χ3v) is 17.8. The number of amides is 2. The first-order valence-corrected chi connectivity index (χ1v) is 26.2. The summed E-state index contributed by atoms with van der Waals surface area (Å²) in [7, 11) is -8.00. The molecule has 24 heteroatoms. The summed E-state index contributed by atoms with van der Waals surface area (Å²) < 4.78 is 82.3. The molecular formula is C44H56N4O18P2. The lowest BCUT2D eigenvalue weighted by atomic mass is 9.64. The van der Waals surface area contributed by atoms with Crippen LogP contribution in [0.3, 0.4) is 0 Å². The van der Waals surface area contributed by atoms with Crippen LogP contribution in [0.1, 0.15) is 57.8 Å². The molecule has 2 amide bonds. The Morgan fingerprint density at radius 1 is 0.676 bits per heavy atom. The fourth-order valence-electron chi connectivity index (χ4n) is 11.5. The van der Waals surface area contributed by atoms with Gasteiger partial charge in [0.1, 0.15) is 55.8 Å². The molecule has 8 heterocycles. The van der Waals surface area contributed by atoms with Crippen molar-refractivity contribution in [1.29, 1.82) is 0 Å². The maximum absolute atomic E-state index is 13.4. The molecular weight excluding hydrogens is 934 g/mol. The van der Waals surface area contributed by atoms with Crippen molar-refractivity contribution in [1.82, 2.24) is 20.4 Å². The largest absolute Gasteiger partial charge is 0.507 e. The highest BCUT2D eigenvalue weighted by Crippen LogP contribution is 2.63. The Hall–Kier alpha value is -4.34. The van der Waals surface area contributed by atoms with Gasteiger partial charge < -0.3 is 59.8 Å². The molecule has 1 saturated carbocycles. The second kappa shape index (κ2) is 17.8. The van der Waals surface area contributed by atoms with E-state index in [0.29, 0.717) is 17.1 Å². The van der Waals surface area contributed by atoms with E-state index in [2.05, 4.69) is 23.8 Å². The number of carbonyl (C=O) groups is 2. The molecule has 15 atom stereocenters. The van der Waals surface area contributed by atoms with Gasteiger partial charge in [-0.05, 0) is 68.6 Å². The molecule has 68 heavy (non-hydrogen) atoms. The molecule has 6 unspecified atom stereocenters. The first-order valence-electron chi connectivity index (χ1n) is 23.3. The molecule has 0 aromatic carbocycles. The van der Waals surface area contributed by atoms with Crippen LogP contribution in [0.2, 0.25) is 0 Å². The monoisotopic (exact) mass is 990 g/mol. The number of phosphoric acid groups is 2. The number of aliphatic hydroxyl groups excluding tert-OH is 4. The molecule has 0 aromatic heterocycles. The molecule has 12 rings (SSSR count). The average molecular weight is 991 g/mol. The Kier molecular flexibility index (Phi) is 12.1. The number of nitrogens with zero attached hydrogens (tertiary/aromatic N) is 2. The summed E-state index contributed by atoms with van der Waals surface area (Å²) in [4.78, 5) is 29.8. The van der Waals surface area contributed by atoms with E-state index in [9.17, 15) is 39.1 Å². The molecule has 0 aromatic rings. The molecule has 0 spiro atoms. The number of nitrogens with one attached hydrogen (secondary N) is 2. The van der Waals surface area contributed by atoms with Crippen molar-refractivity contribution >= 4 is 27.5 Å².